The monoisotopic (exact) mass is 323 g/mol. The van der Waals surface area contributed by atoms with E-state index in [9.17, 15) is 9.90 Å². The number of aliphatic hydroxyl groups is 1. The Labute approximate surface area is 138 Å². The lowest BCUT2D eigenvalue weighted by Gasteiger charge is -2.37. The lowest BCUT2D eigenvalue weighted by molar-refractivity contribution is -0.0321. The van der Waals surface area contributed by atoms with E-state index in [1.807, 2.05) is 30.3 Å². The Morgan fingerprint density at radius 3 is 3.00 bits per heavy atom. The highest BCUT2D eigenvalue weighted by atomic mass is 16.3. The van der Waals surface area contributed by atoms with E-state index >= 15 is 0 Å². The van der Waals surface area contributed by atoms with Crippen LogP contribution in [0.4, 0.5) is 0 Å². The fourth-order valence-corrected chi connectivity index (χ4v) is 3.28. The van der Waals surface area contributed by atoms with E-state index in [1.165, 1.54) is 6.20 Å². The number of β-amino-alcohol motifs (C(OH)–C–C–N with tert-alkyl or cyclic N) is 1. The fourth-order valence-electron chi connectivity index (χ4n) is 3.28. The molecule has 1 aromatic carbocycles. The van der Waals surface area contributed by atoms with Gasteiger partial charge in [0.2, 0.25) is 0 Å². The largest absolute Gasteiger partial charge is 0.382 e. The fraction of sp³-hybridized carbons (Fsp3) is 0.294. The smallest absolute Gasteiger partial charge is 0.273 e. The van der Waals surface area contributed by atoms with Crippen molar-refractivity contribution in [1.82, 2.24) is 25.3 Å². The highest BCUT2D eigenvalue weighted by molar-refractivity contribution is 6.05. The highest BCUT2D eigenvalue weighted by Gasteiger charge is 2.39. The maximum atomic E-state index is 13.0. The van der Waals surface area contributed by atoms with Gasteiger partial charge in [-0.3, -0.25) is 9.78 Å². The maximum absolute atomic E-state index is 13.0. The number of nitrogens with one attached hydrogen (secondary N) is 1. The number of piperidine rings is 1. The molecule has 0 saturated carbocycles. The van der Waals surface area contributed by atoms with Crippen molar-refractivity contribution in [3.8, 4) is 0 Å². The Bertz CT molecular complexity index is 874. The van der Waals surface area contributed by atoms with Gasteiger partial charge in [0.05, 0.1) is 12.7 Å². The second kappa shape index (κ2) is 5.68. The van der Waals surface area contributed by atoms with Crippen molar-refractivity contribution in [2.24, 2.45) is 0 Å². The van der Waals surface area contributed by atoms with E-state index in [0.717, 1.165) is 10.8 Å². The molecule has 1 aliphatic rings. The number of rotatable bonds is 2. The molecule has 0 radical (unpaired) electrons. The molecule has 1 saturated heterocycles. The molecular weight excluding hydrogens is 306 g/mol. The molecule has 1 fully saturated rings. The first-order valence-electron chi connectivity index (χ1n) is 7.89. The van der Waals surface area contributed by atoms with Crippen LogP contribution in [0.15, 0.2) is 42.7 Å². The van der Waals surface area contributed by atoms with Crippen LogP contribution in [0.5, 0.6) is 0 Å². The molecule has 4 rings (SSSR count). The molecule has 1 aliphatic heterocycles. The summed E-state index contributed by atoms with van der Waals surface area (Å²) in [4.78, 5) is 18.9. The number of aromatic amines is 1. The molecule has 122 valence electrons. The van der Waals surface area contributed by atoms with Gasteiger partial charge in [0.25, 0.3) is 5.91 Å². The number of nitrogens with zero attached hydrogens (tertiary/aromatic N) is 4. The van der Waals surface area contributed by atoms with Crippen LogP contribution in [0, 0.1) is 0 Å². The molecule has 3 heterocycles. The van der Waals surface area contributed by atoms with Crippen molar-refractivity contribution in [3.63, 3.8) is 0 Å². The number of benzene rings is 1. The SMILES string of the molecule is O=C(c1nccc2ccccc12)N1CCCC(O)(c2cn[nH]n2)C1. The number of fused-ring (bicyclic) bond motifs is 1. The van der Waals surface area contributed by atoms with Gasteiger partial charge in [-0.2, -0.15) is 15.4 Å². The van der Waals surface area contributed by atoms with Gasteiger partial charge in [0.1, 0.15) is 17.0 Å². The number of H-pyrrole nitrogens is 1. The van der Waals surface area contributed by atoms with E-state index in [-0.39, 0.29) is 12.5 Å². The number of pyridine rings is 1. The number of amides is 1. The number of aromatic nitrogens is 4. The summed E-state index contributed by atoms with van der Waals surface area (Å²) in [7, 11) is 0. The molecule has 2 aromatic heterocycles. The van der Waals surface area contributed by atoms with Crippen molar-refractivity contribution < 1.29 is 9.90 Å². The van der Waals surface area contributed by atoms with Gasteiger partial charge in [0, 0.05) is 18.1 Å². The van der Waals surface area contributed by atoms with Gasteiger partial charge >= 0.3 is 0 Å². The summed E-state index contributed by atoms with van der Waals surface area (Å²) >= 11 is 0. The third-order valence-electron chi connectivity index (χ3n) is 4.53. The second-order valence-corrected chi connectivity index (χ2v) is 6.10. The second-order valence-electron chi connectivity index (χ2n) is 6.10. The Balaban J connectivity index is 1.67. The minimum absolute atomic E-state index is 0.173. The molecule has 1 atom stereocenters. The Morgan fingerprint density at radius 2 is 2.17 bits per heavy atom. The quantitative estimate of drug-likeness (QED) is 0.745. The van der Waals surface area contributed by atoms with E-state index in [1.54, 1.807) is 11.1 Å². The number of likely N-dealkylation sites (tertiary alicyclic amines) is 1. The predicted octanol–water partition coefficient (Wildman–Crippen LogP) is 1.48. The standard InChI is InChI=1S/C17H17N5O2/c23-16(15-13-5-2-1-4-12(13)6-8-18-15)22-9-3-7-17(24,11-22)14-10-19-21-20-14/h1-2,4-6,8,10,24H,3,7,9,11H2,(H,19,20,21). The van der Waals surface area contributed by atoms with Crippen LogP contribution in [-0.2, 0) is 5.60 Å². The van der Waals surface area contributed by atoms with E-state index in [0.29, 0.717) is 30.8 Å². The van der Waals surface area contributed by atoms with Crippen LogP contribution in [0.3, 0.4) is 0 Å². The lowest BCUT2D eigenvalue weighted by atomic mass is 9.89. The highest BCUT2D eigenvalue weighted by Crippen LogP contribution is 2.31. The lowest BCUT2D eigenvalue weighted by Crippen LogP contribution is -2.49. The number of carbonyl (C=O) groups is 1. The van der Waals surface area contributed by atoms with Crippen molar-refractivity contribution in [1.29, 1.82) is 0 Å². The zero-order valence-corrected chi connectivity index (χ0v) is 13.0. The Morgan fingerprint density at radius 1 is 1.29 bits per heavy atom. The molecule has 0 spiro atoms. The van der Waals surface area contributed by atoms with Gasteiger partial charge in [-0.05, 0) is 24.3 Å². The van der Waals surface area contributed by atoms with Crippen molar-refractivity contribution in [2.45, 2.75) is 18.4 Å². The van der Waals surface area contributed by atoms with Crippen LogP contribution in [-0.4, -0.2) is 49.4 Å². The third kappa shape index (κ3) is 2.43. The normalized spacial score (nSPS) is 21.1. The first-order valence-corrected chi connectivity index (χ1v) is 7.89. The molecule has 1 amide bonds. The first kappa shape index (κ1) is 14.8. The van der Waals surface area contributed by atoms with Gasteiger partial charge in [-0.15, -0.1) is 0 Å². The Hall–Kier alpha value is -2.80. The summed E-state index contributed by atoms with van der Waals surface area (Å²) < 4.78 is 0. The van der Waals surface area contributed by atoms with E-state index < -0.39 is 5.60 Å². The van der Waals surface area contributed by atoms with Crippen LogP contribution < -0.4 is 0 Å². The molecule has 0 aliphatic carbocycles. The van der Waals surface area contributed by atoms with Crippen molar-refractivity contribution in [2.75, 3.05) is 13.1 Å². The summed E-state index contributed by atoms with van der Waals surface area (Å²) in [5, 5.41) is 22.9. The minimum atomic E-state index is -1.18. The average Bonchev–Trinajstić information content (AvgIpc) is 3.16. The molecular formula is C17H17N5O2. The first-order chi connectivity index (χ1) is 11.7. The zero-order chi connectivity index (χ0) is 16.6. The number of hydrogen-bond acceptors (Lipinski definition) is 5. The summed E-state index contributed by atoms with van der Waals surface area (Å²) in [6.07, 6.45) is 4.39. The van der Waals surface area contributed by atoms with E-state index in [4.69, 9.17) is 0 Å². The Kier molecular flexibility index (Phi) is 3.50. The number of carbonyl (C=O) groups excluding carboxylic acids is 1. The van der Waals surface area contributed by atoms with Gasteiger partial charge in [0.15, 0.2) is 0 Å². The molecule has 2 N–H and O–H groups in total. The van der Waals surface area contributed by atoms with Gasteiger partial charge in [-0.25, -0.2) is 0 Å². The zero-order valence-electron chi connectivity index (χ0n) is 13.0. The summed E-state index contributed by atoms with van der Waals surface area (Å²) in [6.45, 7) is 0.771. The van der Waals surface area contributed by atoms with Gasteiger partial charge in [-0.1, -0.05) is 24.3 Å². The maximum Gasteiger partial charge on any atom is 0.273 e. The molecule has 1 unspecified atom stereocenters. The summed E-state index contributed by atoms with van der Waals surface area (Å²) in [5.41, 5.74) is -0.297. The average molecular weight is 323 g/mol. The minimum Gasteiger partial charge on any atom is -0.382 e. The van der Waals surface area contributed by atoms with Crippen LogP contribution in [0.2, 0.25) is 0 Å². The van der Waals surface area contributed by atoms with Crippen LogP contribution in [0.25, 0.3) is 10.8 Å². The molecule has 7 nitrogen and oxygen atoms in total. The molecule has 0 bridgehead atoms. The third-order valence-corrected chi connectivity index (χ3v) is 4.53. The molecule has 24 heavy (non-hydrogen) atoms. The van der Waals surface area contributed by atoms with Crippen molar-refractivity contribution in [3.05, 3.63) is 54.1 Å². The molecule has 3 aromatic rings. The number of hydrogen-bond donors (Lipinski definition) is 2. The van der Waals surface area contributed by atoms with Gasteiger partial charge < -0.3 is 10.0 Å². The van der Waals surface area contributed by atoms with Crippen molar-refractivity contribution >= 4 is 16.7 Å². The topological polar surface area (TPSA) is 95.0 Å². The van der Waals surface area contributed by atoms with Crippen LogP contribution in [0.1, 0.15) is 29.0 Å². The van der Waals surface area contributed by atoms with Crippen LogP contribution >= 0.6 is 0 Å². The molecule has 7 heteroatoms. The summed E-state index contributed by atoms with van der Waals surface area (Å²) in [5.74, 6) is -0.173. The summed E-state index contributed by atoms with van der Waals surface area (Å²) in [6, 6.07) is 9.55. The van der Waals surface area contributed by atoms with E-state index in [2.05, 4.69) is 20.4 Å². The predicted molar refractivity (Wildman–Crippen MR) is 87.2 cm³/mol.